The van der Waals surface area contributed by atoms with Gasteiger partial charge in [0.05, 0.1) is 5.39 Å². The summed E-state index contributed by atoms with van der Waals surface area (Å²) in [5.41, 5.74) is 6.08. The number of nitrogens with zero attached hydrogens (tertiary/aromatic N) is 2. The number of rotatable bonds is 10. The van der Waals surface area contributed by atoms with E-state index in [4.69, 9.17) is 9.15 Å². The Bertz CT molecular complexity index is 1400. The molecule has 5 aromatic rings. The fraction of sp³-hybridized carbons (Fsp3) is 0.194. The number of ether oxygens (including phenoxy) is 1. The van der Waals surface area contributed by atoms with Crippen molar-refractivity contribution in [1.82, 2.24) is 9.88 Å². The number of likely N-dealkylation sites (N-methyl/N-ethyl adjacent to an activating group) is 1. The Morgan fingerprint density at radius 2 is 1.56 bits per heavy atom. The molecule has 0 aliphatic carbocycles. The molecular weight excluding hydrogens is 446 g/mol. The van der Waals surface area contributed by atoms with Crippen LogP contribution >= 0.6 is 0 Å². The smallest absolute Gasteiger partial charge is 0.229 e. The Balaban J connectivity index is 1.49. The van der Waals surface area contributed by atoms with E-state index in [2.05, 4.69) is 75.9 Å². The van der Waals surface area contributed by atoms with Gasteiger partial charge < -0.3 is 19.4 Å². The molecule has 182 valence electrons. The summed E-state index contributed by atoms with van der Waals surface area (Å²) in [4.78, 5) is 6.68. The van der Waals surface area contributed by atoms with Crippen LogP contribution in [0, 0.1) is 0 Å². The van der Waals surface area contributed by atoms with Gasteiger partial charge in [0.25, 0.3) is 0 Å². The van der Waals surface area contributed by atoms with E-state index in [1.54, 1.807) is 6.20 Å². The molecule has 0 unspecified atom stereocenters. The zero-order chi connectivity index (χ0) is 24.7. The molecule has 0 amide bonds. The summed E-state index contributed by atoms with van der Waals surface area (Å²) in [7, 11) is 4.08. The molecular formula is C31H31N3O2. The van der Waals surface area contributed by atoms with Crippen LogP contribution in [0.5, 0.6) is 5.75 Å². The molecule has 0 fully saturated rings. The lowest BCUT2D eigenvalue weighted by molar-refractivity contribution is 0.261. The minimum Gasteiger partial charge on any atom is -0.492 e. The highest BCUT2D eigenvalue weighted by atomic mass is 16.5. The van der Waals surface area contributed by atoms with Gasteiger partial charge in [0.1, 0.15) is 18.1 Å². The van der Waals surface area contributed by atoms with E-state index in [0.29, 0.717) is 12.3 Å². The molecule has 0 aliphatic heterocycles. The second kappa shape index (κ2) is 11.1. The number of hydrogen-bond donors (Lipinski definition) is 1. The van der Waals surface area contributed by atoms with Gasteiger partial charge in [-0.15, -0.1) is 0 Å². The maximum Gasteiger partial charge on any atom is 0.229 e. The van der Waals surface area contributed by atoms with Gasteiger partial charge in [-0.25, -0.2) is 4.98 Å². The molecule has 5 heteroatoms. The van der Waals surface area contributed by atoms with E-state index in [0.717, 1.165) is 58.8 Å². The van der Waals surface area contributed by atoms with Gasteiger partial charge in [0.2, 0.25) is 5.71 Å². The third kappa shape index (κ3) is 5.42. The van der Waals surface area contributed by atoms with Crippen LogP contribution in [0.15, 0.2) is 102 Å². The quantitative estimate of drug-likeness (QED) is 0.241. The summed E-state index contributed by atoms with van der Waals surface area (Å²) in [6.07, 6.45) is 2.74. The second-order valence-electron chi connectivity index (χ2n) is 9.05. The monoisotopic (exact) mass is 477 g/mol. The highest BCUT2D eigenvalue weighted by molar-refractivity contribution is 6.06. The van der Waals surface area contributed by atoms with Crippen LogP contribution in [-0.4, -0.2) is 43.7 Å². The zero-order valence-corrected chi connectivity index (χ0v) is 20.8. The summed E-state index contributed by atoms with van der Waals surface area (Å²) in [6.45, 7) is 2.33. The van der Waals surface area contributed by atoms with Crippen LogP contribution < -0.4 is 10.1 Å². The lowest BCUT2D eigenvalue weighted by atomic mass is 9.98. The first-order valence-corrected chi connectivity index (χ1v) is 12.3. The third-order valence-electron chi connectivity index (χ3n) is 6.15. The molecule has 5 rings (SSSR count). The van der Waals surface area contributed by atoms with Crippen LogP contribution in [0.2, 0.25) is 0 Å². The molecule has 3 aromatic carbocycles. The molecule has 0 atom stereocenters. The van der Waals surface area contributed by atoms with Crippen molar-refractivity contribution in [2.24, 2.45) is 0 Å². The Morgan fingerprint density at radius 3 is 2.28 bits per heavy atom. The zero-order valence-electron chi connectivity index (χ0n) is 20.8. The molecule has 5 nitrogen and oxygen atoms in total. The molecule has 0 bridgehead atoms. The maximum atomic E-state index is 6.40. The van der Waals surface area contributed by atoms with Gasteiger partial charge in [0.15, 0.2) is 0 Å². The number of hydrogen-bond acceptors (Lipinski definition) is 5. The highest BCUT2D eigenvalue weighted by Gasteiger charge is 2.21. The van der Waals surface area contributed by atoms with E-state index >= 15 is 0 Å². The highest BCUT2D eigenvalue weighted by Crippen LogP contribution is 2.43. The van der Waals surface area contributed by atoms with Crippen LogP contribution in [0.3, 0.4) is 0 Å². The lowest BCUT2D eigenvalue weighted by Crippen LogP contribution is -2.19. The van der Waals surface area contributed by atoms with E-state index in [1.165, 1.54) is 5.56 Å². The predicted molar refractivity (Wildman–Crippen MR) is 148 cm³/mol. The van der Waals surface area contributed by atoms with E-state index < -0.39 is 0 Å². The number of nitrogens with one attached hydrogen (secondary N) is 1. The van der Waals surface area contributed by atoms with Crippen LogP contribution in [0.25, 0.3) is 33.6 Å². The Labute approximate surface area is 212 Å². The number of benzene rings is 3. The Morgan fingerprint density at radius 1 is 0.833 bits per heavy atom. The van der Waals surface area contributed by atoms with Gasteiger partial charge >= 0.3 is 0 Å². The fourth-order valence-electron chi connectivity index (χ4n) is 4.29. The first-order valence-electron chi connectivity index (χ1n) is 12.3. The second-order valence-corrected chi connectivity index (χ2v) is 9.05. The van der Waals surface area contributed by atoms with Crippen LogP contribution in [-0.2, 0) is 6.42 Å². The summed E-state index contributed by atoms with van der Waals surface area (Å²) >= 11 is 0. The van der Waals surface area contributed by atoms with Gasteiger partial charge in [-0.05, 0) is 62.0 Å². The minimum absolute atomic E-state index is 0.625. The van der Waals surface area contributed by atoms with Gasteiger partial charge in [-0.3, -0.25) is 0 Å². The van der Waals surface area contributed by atoms with Crippen LogP contribution in [0.1, 0.15) is 5.56 Å². The van der Waals surface area contributed by atoms with Crippen molar-refractivity contribution >= 4 is 16.8 Å². The molecule has 36 heavy (non-hydrogen) atoms. The van der Waals surface area contributed by atoms with Crippen molar-refractivity contribution in [1.29, 1.82) is 0 Å². The molecule has 0 saturated heterocycles. The first-order chi connectivity index (χ1) is 17.7. The van der Waals surface area contributed by atoms with E-state index in [9.17, 15) is 0 Å². The van der Waals surface area contributed by atoms with Crippen molar-refractivity contribution in [2.75, 3.05) is 39.1 Å². The normalized spacial score (nSPS) is 11.2. The number of pyridine rings is 1. The van der Waals surface area contributed by atoms with Gasteiger partial charge in [-0.2, -0.15) is 0 Å². The van der Waals surface area contributed by atoms with Crippen molar-refractivity contribution in [3.8, 4) is 28.2 Å². The molecule has 0 saturated carbocycles. The lowest BCUT2D eigenvalue weighted by Gasteiger charge is -2.11. The summed E-state index contributed by atoms with van der Waals surface area (Å²) in [5.74, 6) is 1.65. The summed E-state index contributed by atoms with van der Waals surface area (Å²) in [5, 5.41) is 4.63. The minimum atomic E-state index is 0.625. The molecule has 1 N–H and O–H groups in total. The molecule has 0 radical (unpaired) electrons. The fourth-order valence-corrected chi connectivity index (χ4v) is 4.29. The van der Waals surface area contributed by atoms with E-state index in [1.807, 2.05) is 44.4 Å². The summed E-state index contributed by atoms with van der Waals surface area (Å²) in [6, 6.07) is 31.0. The average Bonchev–Trinajstić information content (AvgIpc) is 3.31. The van der Waals surface area contributed by atoms with Gasteiger partial charge in [-0.1, -0.05) is 60.7 Å². The SMILES string of the molecule is CN(C)CCOc1ccc(-c2oc3nccc(NCCc4ccccc4)c3c2-c2ccccc2)cc1. The van der Waals surface area contributed by atoms with Crippen molar-refractivity contribution in [3.63, 3.8) is 0 Å². The number of furan rings is 1. The number of fused-ring (bicyclic) bond motifs is 1. The number of anilines is 1. The third-order valence-corrected chi connectivity index (χ3v) is 6.15. The molecule has 0 aliphatic rings. The van der Waals surface area contributed by atoms with E-state index in [-0.39, 0.29) is 0 Å². The Hall–Kier alpha value is -4.09. The summed E-state index contributed by atoms with van der Waals surface area (Å²) < 4.78 is 12.3. The predicted octanol–water partition coefficient (Wildman–Crippen LogP) is 6.76. The van der Waals surface area contributed by atoms with Gasteiger partial charge in [0, 0.05) is 36.1 Å². The molecule has 0 spiro atoms. The van der Waals surface area contributed by atoms with Crippen LogP contribution in [0.4, 0.5) is 5.69 Å². The number of aromatic nitrogens is 1. The van der Waals surface area contributed by atoms with Crippen molar-refractivity contribution < 1.29 is 9.15 Å². The molecule has 2 heterocycles. The van der Waals surface area contributed by atoms with Crippen molar-refractivity contribution in [3.05, 3.63) is 103 Å². The standard InChI is InChI=1S/C31H31N3O2/c1-34(2)21-22-35-26-15-13-25(14-16-26)30-28(24-11-7-4-8-12-24)29-27(18-20-33-31(29)36-30)32-19-17-23-9-5-3-6-10-23/h3-16,18,20H,17,19,21-22H2,1-2H3,(H,32,33). The largest absolute Gasteiger partial charge is 0.492 e. The first kappa shape index (κ1) is 23.6. The van der Waals surface area contributed by atoms with Crippen molar-refractivity contribution in [2.45, 2.75) is 6.42 Å². The topological polar surface area (TPSA) is 50.5 Å². The Kier molecular flexibility index (Phi) is 7.29. The maximum absolute atomic E-state index is 6.40. The molecule has 2 aromatic heterocycles. The average molecular weight is 478 g/mol.